The summed E-state index contributed by atoms with van der Waals surface area (Å²) in [5, 5.41) is 4.53. The molecule has 11 rings (SSSR count). The molecule has 1 saturated heterocycles. The maximum atomic E-state index is 6.73. The number of pyridine rings is 2. The van der Waals surface area contributed by atoms with Crippen LogP contribution in [0.5, 0.6) is 23.0 Å². The molecule has 0 radical (unpaired) electrons. The Balaban J connectivity index is 1.01. The highest BCUT2D eigenvalue weighted by Crippen LogP contribution is 2.39. The van der Waals surface area contributed by atoms with E-state index in [1.54, 1.807) is 0 Å². The van der Waals surface area contributed by atoms with E-state index >= 15 is 0 Å². The van der Waals surface area contributed by atoms with Crippen molar-refractivity contribution in [1.29, 1.82) is 0 Å². The Morgan fingerprint density at radius 2 is 0.914 bits per heavy atom. The Hall–Kier alpha value is -7.52. The van der Waals surface area contributed by atoms with Gasteiger partial charge in [-0.1, -0.05) is 48.5 Å². The van der Waals surface area contributed by atoms with E-state index in [0.717, 1.165) is 79.6 Å². The van der Waals surface area contributed by atoms with E-state index in [4.69, 9.17) is 29.4 Å². The fourth-order valence-electron chi connectivity index (χ4n) is 8.37. The van der Waals surface area contributed by atoms with Crippen molar-refractivity contribution in [3.8, 4) is 46.0 Å². The Morgan fingerprint density at radius 3 is 1.43 bits per heavy atom. The molecule has 10 aromatic rings. The molecular formula is C49H37N7O2. The van der Waals surface area contributed by atoms with Crippen molar-refractivity contribution in [3.05, 3.63) is 164 Å². The van der Waals surface area contributed by atoms with Crippen molar-refractivity contribution in [2.24, 2.45) is 0 Å². The topological polar surface area (TPSA) is 83.1 Å². The molecule has 9 nitrogen and oxygen atoms in total. The van der Waals surface area contributed by atoms with Gasteiger partial charge in [0.2, 0.25) is 0 Å². The van der Waals surface area contributed by atoms with Crippen LogP contribution in [-0.4, -0.2) is 42.2 Å². The summed E-state index contributed by atoms with van der Waals surface area (Å²) in [6.07, 6.45) is 11.1. The second kappa shape index (κ2) is 14.2. The molecule has 0 saturated carbocycles. The van der Waals surface area contributed by atoms with E-state index in [9.17, 15) is 0 Å². The minimum atomic E-state index is 0.590. The molecular weight excluding hydrogens is 719 g/mol. The predicted octanol–water partition coefficient (Wildman–Crippen LogP) is 11.7. The third-order valence-electron chi connectivity index (χ3n) is 11.0. The number of piperidine rings is 1. The average molecular weight is 756 g/mol. The Kier molecular flexibility index (Phi) is 8.28. The van der Waals surface area contributed by atoms with E-state index in [1.807, 2.05) is 91.5 Å². The number of ether oxygens (including phenoxy) is 2. The van der Waals surface area contributed by atoms with Crippen LogP contribution in [0.2, 0.25) is 0 Å². The summed E-state index contributed by atoms with van der Waals surface area (Å²) in [6, 6.07) is 47.0. The van der Waals surface area contributed by atoms with Gasteiger partial charge in [-0.15, -0.1) is 0 Å². The van der Waals surface area contributed by atoms with Crippen LogP contribution in [0.1, 0.15) is 19.3 Å². The third-order valence-corrected chi connectivity index (χ3v) is 11.0. The van der Waals surface area contributed by atoms with E-state index in [0.29, 0.717) is 28.8 Å². The summed E-state index contributed by atoms with van der Waals surface area (Å²) in [5.74, 6) is 4.82. The van der Waals surface area contributed by atoms with Crippen LogP contribution in [0, 0.1) is 0 Å². The lowest BCUT2D eigenvalue weighted by molar-refractivity contribution is 0.461. The van der Waals surface area contributed by atoms with Gasteiger partial charge in [-0.05, 0) is 92.1 Å². The highest BCUT2D eigenvalue weighted by Gasteiger charge is 2.18. The first-order valence-electron chi connectivity index (χ1n) is 19.7. The molecule has 1 aliphatic heterocycles. The molecule has 280 valence electrons. The van der Waals surface area contributed by atoms with Gasteiger partial charge in [0.25, 0.3) is 0 Å². The van der Waals surface area contributed by atoms with Crippen LogP contribution < -0.4 is 14.4 Å². The molecule has 0 N–H and O–H groups in total. The van der Waals surface area contributed by atoms with E-state index in [1.165, 1.54) is 19.3 Å². The maximum Gasteiger partial charge on any atom is 0.159 e. The zero-order valence-electron chi connectivity index (χ0n) is 31.6. The molecule has 1 fully saturated rings. The number of hydrogen-bond donors (Lipinski definition) is 0. The molecule has 0 spiro atoms. The lowest BCUT2D eigenvalue weighted by atomic mass is 10.1. The number of rotatable bonds is 8. The molecule has 0 aliphatic carbocycles. The molecule has 0 unspecified atom stereocenters. The molecule has 1 aliphatic rings. The van der Waals surface area contributed by atoms with Crippen LogP contribution in [0.15, 0.2) is 164 Å². The maximum absolute atomic E-state index is 6.73. The number of hydrogen-bond acceptors (Lipinski definition) is 7. The molecule has 0 bridgehead atoms. The normalized spacial score (nSPS) is 13.1. The smallest absolute Gasteiger partial charge is 0.159 e. The number of fused-ring (bicyclic) bond motifs is 6. The summed E-state index contributed by atoms with van der Waals surface area (Å²) in [7, 11) is 0. The first kappa shape index (κ1) is 33.8. The number of benzene rings is 5. The predicted molar refractivity (Wildman–Crippen MR) is 231 cm³/mol. The van der Waals surface area contributed by atoms with Gasteiger partial charge in [0.15, 0.2) is 5.82 Å². The highest BCUT2D eigenvalue weighted by molar-refractivity contribution is 6.10. The molecule has 58 heavy (non-hydrogen) atoms. The molecule has 0 amide bonds. The Bertz CT molecular complexity index is 2920. The fraction of sp³-hybridized carbons (Fsp3) is 0.102. The summed E-state index contributed by atoms with van der Waals surface area (Å²) >= 11 is 0. The van der Waals surface area contributed by atoms with Gasteiger partial charge in [0, 0.05) is 70.8 Å². The third kappa shape index (κ3) is 6.04. The van der Waals surface area contributed by atoms with Crippen LogP contribution in [-0.2, 0) is 0 Å². The van der Waals surface area contributed by atoms with Crippen molar-refractivity contribution < 1.29 is 9.47 Å². The number of aromatic nitrogens is 6. The van der Waals surface area contributed by atoms with Crippen LogP contribution >= 0.6 is 0 Å². The molecule has 9 heteroatoms. The number of anilines is 1. The highest BCUT2D eigenvalue weighted by atomic mass is 16.5. The first-order chi connectivity index (χ1) is 28.7. The van der Waals surface area contributed by atoms with Gasteiger partial charge in [-0.3, -0.25) is 9.13 Å². The minimum Gasteiger partial charge on any atom is -0.457 e. The number of nitrogens with zero attached hydrogens (tertiary/aromatic N) is 7. The van der Waals surface area contributed by atoms with Crippen LogP contribution in [0.25, 0.3) is 66.6 Å². The van der Waals surface area contributed by atoms with E-state index < -0.39 is 0 Å². The molecule has 0 atom stereocenters. The van der Waals surface area contributed by atoms with Gasteiger partial charge in [-0.2, -0.15) is 0 Å². The fourth-order valence-corrected chi connectivity index (χ4v) is 8.37. The quantitative estimate of drug-likeness (QED) is 0.153. The SMILES string of the molecule is c1ccc(-n2c3ccccc3c3ccc(Oc4cc(Oc5ccc6c7ccccc7n(-c7ccccn7)c6c5)cc(-c5ncc(N6CCCCC6)cn5)c4)cc32)nc1. The zero-order valence-corrected chi connectivity index (χ0v) is 31.6. The van der Waals surface area contributed by atoms with Crippen molar-refractivity contribution in [1.82, 2.24) is 29.1 Å². The van der Waals surface area contributed by atoms with Crippen molar-refractivity contribution in [2.75, 3.05) is 18.0 Å². The minimum absolute atomic E-state index is 0.590. The molecule has 5 aromatic carbocycles. The first-order valence-corrected chi connectivity index (χ1v) is 19.7. The average Bonchev–Trinajstić information content (AvgIpc) is 3.79. The lowest BCUT2D eigenvalue weighted by Gasteiger charge is -2.28. The van der Waals surface area contributed by atoms with E-state index in [2.05, 4.69) is 86.8 Å². The second-order valence-electron chi connectivity index (χ2n) is 14.6. The Morgan fingerprint density at radius 1 is 0.414 bits per heavy atom. The van der Waals surface area contributed by atoms with Gasteiger partial charge in [-0.25, -0.2) is 19.9 Å². The van der Waals surface area contributed by atoms with Crippen LogP contribution in [0.4, 0.5) is 5.69 Å². The van der Waals surface area contributed by atoms with Gasteiger partial charge in [0.05, 0.1) is 40.1 Å². The monoisotopic (exact) mass is 755 g/mol. The summed E-state index contributed by atoms with van der Waals surface area (Å²) in [6.45, 7) is 2.05. The van der Waals surface area contributed by atoms with Gasteiger partial charge >= 0.3 is 0 Å². The number of para-hydroxylation sites is 2. The molecule has 5 aromatic heterocycles. The Labute approximate surface area is 334 Å². The summed E-state index contributed by atoms with van der Waals surface area (Å²) < 4.78 is 17.8. The van der Waals surface area contributed by atoms with Gasteiger partial charge < -0.3 is 14.4 Å². The van der Waals surface area contributed by atoms with Crippen molar-refractivity contribution in [2.45, 2.75) is 19.3 Å². The second-order valence-corrected chi connectivity index (χ2v) is 14.6. The molecule has 6 heterocycles. The summed E-state index contributed by atoms with van der Waals surface area (Å²) in [5.41, 5.74) is 5.98. The van der Waals surface area contributed by atoms with E-state index in [-0.39, 0.29) is 0 Å². The standard InChI is InChI=1S/C49H37N7O2/c1-10-24-54(25-11-1)34-31-52-49(53-32-34)33-26-37(57-35-18-20-41-39-12-2-4-14-43(39)55(45(41)29-35)47-16-6-8-22-50-47)28-38(27-33)58-36-19-21-42-40-13-3-5-15-44(40)56(46(42)30-36)48-17-7-9-23-51-48/h2-9,12-23,26-32H,1,10-11,24-25H2. The van der Waals surface area contributed by atoms with Crippen molar-refractivity contribution >= 4 is 49.3 Å². The summed E-state index contributed by atoms with van der Waals surface area (Å²) in [4.78, 5) is 21.5. The van der Waals surface area contributed by atoms with Gasteiger partial charge in [0.1, 0.15) is 34.6 Å². The van der Waals surface area contributed by atoms with Crippen LogP contribution in [0.3, 0.4) is 0 Å². The largest absolute Gasteiger partial charge is 0.457 e. The van der Waals surface area contributed by atoms with Crippen molar-refractivity contribution in [3.63, 3.8) is 0 Å². The lowest BCUT2D eigenvalue weighted by Crippen LogP contribution is -2.29. The zero-order chi connectivity index (χ0) is 38.4.